The Kier molecular flexibility index (Phi) is 5.76. The molecule has 0 fully saturated rings. The third-order valence-electron chi connectivity index (χ3n) is 3.26. The van der Waals surface area contributed by atoms with E-state index in [2.05, 4.69) is 15.6 Å². The first-order valence-corrected chi connectivity index (χ1v) is 7.73. The molecule has 0 spiro atoms. The van der Waals surface area contributed by atoms with Crippen molar-refractivity contribution in [1.82, 2.24) is 10.3 Å². The average molecular weight is 347 g/mol. The molecule has 126 valence electrons. The number of carbonyl (C=O) groups excluding carboxylic acids is 2. The molecule has 0 atom stereocenters. The summed E-state index contributed by atoms with van der Waals surface area (Å²) >= 11 is 6.07. The lowest BCUT2D eigenvalue weighted by Gasteiger charge is -2.15. The fourth-order valence-electron chi connectivity index (χ4n) is 2.10. The predicted octanol–water partition coefficient (Wildman–Crippen LogP) is 2.48. The Hall–Kier alpha value is -2.60. The van der Waals surface area contributed by atoms with Gasteiger partial charge >= 0.3 is 0 Å². The number of halogens is 1. The van der Waals surface area contributed by atoms with Gasteiger partial charge in [-0.05, 0) is 36.8 Å². The van der Waals surface area contributed by atoms with E-state index in [1.54, 1.807) is 49.5 Å². The summed E-state index contributed by atoms with van der Waals surface area (Å²) in [6, 6.07) is 8.66. The molecule has 1 aromatic carbocycles. The van der Waals surface area contributed by atoms with Gasteiger partial charge in [-0.3, -0.25) is 9.59 Å². The molecule has 0 aliphatic heterocycles. The van der Waals surface area contributed by atoms with Crippen LogP contribution in [0.15, 0.2) is 36.5 Å². The fraction of sp³-hybridized carbons (Fsp3) is 0.235. The Morgan fingerprint density at radius 3 is 2.67 bits per heavy atom. The maximum Gasteiger partial charge on any atom is 0.255 e. The van der Waals surface area contributed by atoms with Crippen molar-refractivity contribution in [1.29, 1.82) is 0 Å². The first kappa shape index (κ1) is 17.7. The molecule has 0 saturated heterocycles. The van der Waals surface area contributed by atoms with Crippen molar-refractivity contribution < 1.29 is 9.59 Å². The van der Waals surface area contributed by atoms with Crippen molar-refractivity contribution in [2.75, 3.05) is 30.9 Å². The van der Waals surface area contributed by atoms with E-state index in [1.807, 2.05) is 13.0 Å². The zero-order valence-corrected chi connectivity index (χ0v) is 14.5. The molecule has 7 heteroatoms. The van der Waals surface area contributed by atoms with Crippen LogP contribution in [0.2, 0.25) is 5.02 Å². The molecule has 2 aromatic rings. The highest BCUT2D eigenvalue weighted by Crippen LogP contribution is 2.22. The van der Waals surface area contributed by atoms with Gasteiger partial charge in [0.2, 0.25) is 5.91 Å². The molecule has 0 unspecified atom stereocenters. The fourth-order valence-corrected chi connectivity index (χ4v) is 2.38. The van der Waals surface area contributed by atoms with E-state index in [0.29, 0.717) is 22.1 Å². The van der Waals surface area contributed by atoms with Crippen LogP contribution in [-0.4, -0.2) is 37.4 Å². The summed E-state index contributed by atoms with van der Waals surface area (Å²) in [6.07, 6.45) is 1.61. The van der Waals surface area contributed by atoms with Crippen LogP contribution in [0.3, 0.4) is 0 Å². The minimum absolute atomic E-state index is 0.162. The quantitative estimate of drug-likeness (QED) is 0.872. The summed E-state index contributed by atoms with van der Waals surface area (Å²) in [4.78, 5) is 30.1. The van der Waals surface area contributed by atoms with Crippen molar-refractivity contribution in [2.45, 2.75) is 6.92 Å². The molecule has 1 aromatic heterocycles. The van der Waals surface area contributed by atoms with Crippen molar-refractivity contribution in [3.8, 4) is 0 Å². The van der Waals surface area contributed by atoms with Crippen LogP contribution in [0.4, 0.5) is 11.5 Å². The van der Waals surface area contributed by atoms with Gasteiger partial charge in [0.15, 0.2) is 0 Å². The Bertz CT molecular complexity index is 762. The highest BCUT2D eigenvalue weighted by molar-refractivity contribution is 6.33. The summed E-state index contributed by atoms with van der Waals surface area (Å²) in [5, 5.41) is 5.71. The molecule has 2 N–H and O–H groups in total. The number of nitrogens with one attached hydrogen (secondary N) is 2. The lowest BCUT2D eigenvalue weighted by atomic mass is 10.2. The van der Waals surface area contributed by atoms with Gasteiger partial charge in [-0.25, -0.2) is 4.98 Å². The van der Waals surface area contributed by atoms with Crippen molar-refractivity contribution in [2.24, 2.45) is 0 Å². The van der Waals surface area contributed by atoms with Crippen molar-refractivity contribution >= 4 is 34.9 Å². The number of hydrogen-bond donors (Lipinski definition) is 2. The van der Waals surface area contributed by atoms with E-state index in [0.717, 1.165) is 5.56 Å². The number of aromatic nitrogens is 1. The molecule has 1 heterocycles. The summed E-state index contributed by atoms with van der Waals surface area (Å²) in [5.74, 6) is -0.182. The van der Waals surface area contributed by atoms with E-state index in [4.69, 9.17) is 11.6 Å². The first-order valence-electron chi connectivity index (χ1n) is 7.35. The smallest absolute Gasteiger partial charge is 0.255 e. The molecule has 0 radical (unpaired) electrons. The number of anilines is 2. The first-order chi connectivity index (χ1) is 11.4. The standard InChI is InChI=1S/C17H19ClN4O2/c1-11-6-7-14(13(18)9-11)21-15(23)10-20-17(24)12-5-4-8-19-16(12)22(2)3/h4-9H,10H2,1-3H3,(H,20,24)(H,21,23). The average Bonchev–Trinajstić information content (AvgIpc) is 2.55. The van der Waals surface area contributed by atoms with Gasteiger partial charge < -0.3 is 15.5 Å². The Morgan fingerprint density at radius 1 is 1.25 bits per heavy atom. The zero-order valence-electron chi connectivity index (χ0n) is 13.8. The van der Waals surface area contributed by atoms with E-state index < -0.39 is 0 Å². The normalized spacial score (nSPS) is 10.2. The van der Waals surface area contributed by atoms with Gasteiger partial charge in [0, 0.05) is 20.3 Å². The molecule has 2 rings (SSSR count). The van der Waals surface area contributed by atoms with Crippen LogP contribution in [0.25, 0.3) is 0 Å². The van der Waals surface area contributed by atoms with Crippen LogP contribution < -0.4 is 15.5 Å². The second-order valence-corrected chi connectivity index (χ2v) is 5.89. The van der Waals surface area contributed by atoms with Crippen LogP contribution in [0.5, 0.6) is 0 Å². The predicted molar refractivity (Wildman–Crippen MR) is 95.7 cm³/mol. The van der Waals surface area contributed by atoms with Crippen LogP contribution in [0, 0.1) is 6.92 Å². The summed E-state index contributed by atoms with van der Waals surface area (Å²) in [7, 11) is 3.59. The van der Waals surface area contributed by atoms with Crippen LogP contribution in [-0.2, 0) is 4.79 Å². The molecule has 6 nitrogen and oxygen atoms in total. The maximum atomic E-state index is 12.3. The maximum absolute atomic E-state index is 12.3. The van der Waals surface area contributed by atoms with E-state index in [1.165, 1.54) is 0 Å². The second-order valence-electron chi connectivity index (χ2n) is 5.48. The molecule has 2 amide bonds. The Labute approximate surface area is 145 Å². The van der Waals surface area contributed by atoms with Gasteiger partial charge in [-0.2, -0.15) is 0 Å². The third-order valence-corrected chi connectivity index (χ3v) is 3.58. The SMILES string of the molecule is Cc1ccc(NC(=O)CNC(=O)c2cccnc2N(C)C)c(Cl)c1. The Morgan fingerprint density at radius 2 is 2.00 bits per heavy atom. The number of benzene rings is 1. The van der Waals surface area contributed by atoms with Gasteiger partial charge in [-0.15, -0.1) is 0 Å². The number of rotatable bonds is 5. The summed E-state index contributed by atoms with van der Waals surface area (Å²) < 4.78 is 0. The number of amides is 2. The summed E-state index contributed by atoms with van der Waals surface area (Å²) in [5.41, 5.74) is 1.92. The monoisotopic (exact) mass is 346 g/mol. The zero-order chi connectivity index (χ0) is 17.7. The molecular formula is C17H19ClN4O2. The number of carbonyl (C=O) groups is 2. The molecular weight excluding hydrogens is 328 g/mol. The highest BCUT2D eigenvalue weighted by atomic mass is 35.5. The molecule has 0 aliphatic carbocycles. The molecule has 24 heavy (non-hydrogen) atoms. The highest BCUT2D eigenvalue weighted by Gasteiger charge is 2.15. The number of pyridine rings is 1. The van der Waals surface area contributed by atoms with Crippen LogP contribution in [0.1, 0.15) is 15.9 Å². The van der Waals surface area contributed by atoms with E-state index in [-0.39, 0.29) is 18.4 Å². The van der Waals surface area contributed by atoms with Crippen LogP contribution >= 0.6 is 11.6 Å². The minimum Gasteiger partial charge on any atom is -0.362 e. The Balaban J connectivity index is 1.98. The molecule has 0 bridgehead atoms. The minimum atomic E-state index is -0.364. The largest absolute Gasteiger partial charge is 0.362 e. The lowest BCUT2D eigenvalue weighted by Crippen LogP contribution is -2.33. The van der Waals surface area contributed by atoms with Gasteiger partial charge in [-0.1, -0.05) is 17.7 Å². The van der Waals surface area contributed by atoms with E-state index in [9.17, 15) is 9.59 Å². The topological polar surface area (TPSA) is 74.3 Å². The lowest BCUT2D eigenvalue weighted by molar-refractivity contribution is -0.115. The third kappa shape index (κ3) is 4.45. The van der Waals surface area contributed by atoms with Gasteiger partial charge in [0.25, 0.3) is 5.91 Å². The summed E-state index contributed by atoms with van der Waals surface area (Å²) in [6.45, 7) is 1.75. The number of hydrogen-bond acceptors (Lipinski definition) is 4. The second kappa shape index (κ2) is 7.79. The van der Waals surface area contributed by atoms with Crippen molar-refractivity contribution in [3.05, 3.63) is 52.7 Å². The number of nitrogens with zero attached hydrogens (tertiary/aromatic N) is 2. The van der Waals surface area contributed by atoms with E-state index >= 15 is 0 Å². The number of aryl methyl sites for hydroxylation is 1. The molecule has 0 aliphatic rings. The molecule has 0 saturated carbocycles. The van der Waals surface area contributed by atoms with Crippen molar-refractivity contribution in [3.63, 3.8) is 0 Å². The van der Waals surface area contributed by atoms with Gasteiger partial charge in [0.05, 0.1) is 22.8 Å². The van der Waals surface area contributed by atoms with Gasteiger partial charge in [0.1, 0.15) is 5.82 Å².